The summed E-state index contributed by atoms with van der Waals surface area (Å²) in [5.41, 5.74) is 0. The lowest BCUT2D eigenvalue weighted by atomic mass is 10.3. The molecule has 0 saturated heterocycles. The third-order valence-electron chi connectivity index (χ3n) is 0.920. The molecule has 1 aromatic carbocycles. The average Bonchev–Trinajstić information content (AvgIpc) is 1.89. The fourth-order valence-electron chi connectivity index (χ4n) is 0.507. The molecule has 9 heavy (non-hydrogen) atoms. The second kappa shape index (κ2) is 3.22. The van der Waals surface area contributed by atoms with Gasteiger partial charge in [0.15, 0.2) is 22.0 Å². The van der Waals surface area contributed by atoms with E-state index in [-0.39, 0.29) is 0 Å². The quantitative estimate of drug-likeness (QED) is 0.745. The Morgan fingerprint density at radius 3 is 2.33 bits per heavy atom. The molecule has 1 rings (SSSR count). The maximum absolute atomic E-state index is 4.81. The highest BCUT2D eigenvalue weighted by Gasteiger charge is 1.94. The van der Waals surface area contributed by atoms with E-state index in [9.17, 15) is 0 Å². The Hall–Kier alpha value is -0.0200. The lowest BCUT2D eigenvalue weighted by molar-refractivity contribution is 0.673. The van der Waals surface area contributed by atoms with Crippen molar-refractivity contribution in [1.82, 2.24) is 0 Å². The molecule has 0 amide bonds. The van der Waals surface area contributed by atoms with Gasteiger partial charge in [-0.15, -0.1) is 0 Å². The smallest absolute Gasteiger partial charge is 0.179 e. The van der Waals surface area contributed by atoms with Gasteiger partial charge in [-0.05, 0) is 28.1 Å². The van der Waals surface area contributed by atoms with Crippen LogP contribution in [0, 0.1) is 0 Å². The van der Waals surface area contributed by atoms with E-state index in [0.717, 1.165) is 10.2 Å². The van der Waals surface area contributed by atoms with Crippen LogP contribution in [0.3, 0.4) is 0 Å². The first-order valence-electron chi connectivity index (χ1n) is 2.37. The summed E-state index contributed by atoms with van der Waals surface area (Å²) in [5, 5.41) is 0. The van der Waals surface area contributed by atoms with Gasteiger partial charge in [-0.1, -0.05) is 12.1 Å². The van der Waals surface area contributed by atoms with Crippen LogP contribution in [0.15, 0.2) is 28.7 Å². The lowest BCUT2D eigenvalue weighted by Crippen LogP contribution is -1.73. The molecule has 48 valence electrons. The van der Waals surface area contributed by atoms with Crippen molar-refractivity contribution >= 4 is 32.2 Å². The van der Waals surface area contributed by atoms with E-state index in [1.807, 2.05) is 24.3 Å². The van der Waals surface area contributed by atoms with Crippen molar-refractivity contribution in [2.24, 2.45) is 0 Å². The summed E-state index contributed by atoms with van der Waals surface area (Å²) in [4.78, 5) is 0. The first kappa shape index (κ1) is 7.09. The fourth-order valence-corrected chi connectivity index (χ4v) is 1.37. The summed E-state index contributed by atoms with van der Waals surface area (Å²) in [7, 11) is 0. The minimum absolute atomic E-state index is 0.789. The molecule has 0 bridgehead atoms. The zero-order valence-electron chi connectivity index (χ0n) is 4.47. The molecule has 1 aromatic rings. The molecule has 0 unspecified atom stereocenters. The Bertz CT molecular complexity index is 200. The van der Waals surface area contributed by atoms with Crippen molar-refractivity contribution in [3.8, 4) is 5.75 Å². The highest BCUT2D eigenvalue weighted by molar-refractivity contribution is 9.10. The molecule has 0 aliphatic heterocycles. The molecule has 0 N–H and O–H groups in total. The van der Waals surface area contributed by atoms with Gasteiger partial charge < -0.3 is 3.83 Å². The topological polar surface area (TPSA) is 9.23 Å². The standard InChI is InChI=1S/C6H4Br2O/c7-5-3-1-2-4-6(5)9-8/h1-4H. The zero-order valence-corrected chi connectivity index (χ0v) is 7.65. The number of halogens is 2. The molecule has 0 aliphatic carbocycles. The highest BCUT2D eigenvalue weighted by atomic mass is 79.9. The summed E-state index contributed by atoms with van der Waals surface area (Å²) in [6.45, 7) is 0. The number of rotatable bonds is 1. The molecule has 0 radical (unpaired) electrons. The third-order valence-corrected chi connectivity index (χ3v) is 1.92. The van der Waals surface area contributed by atoms with Crippen molar-refractivity contribution < 1.29 is 3.83 Å². The van der Waals surface area contributed by atoms with E-state index < -0.39 is 0 Å². The van der Waals surface area contributed by atoms with Gasteiger partial charge in [0.05, 0.1) is 4.47 Å². The van der Waals surface area contributed by atoms with Crippen LogP contribution in [-0.2, 0) is 0 Å². The van der Waals surface area contributed by atoms with Crippen LogP contribution in [0.1, 0.15) is 0 Å². The van der Waals surface area contributed by atoms with Gasteiger partial charge >= 0.3 is 0 Å². The molecule has 0 heterocycles. The largest absolute Gasteiger partial charge is 0.417 e. The van der Waals surface area contributed by atoms with Crippen molar-refractivity contribution in [1.29, 1.82) is 0 Å². The molecule has 3 heteroatoms. The predicted molar refractivity (Wildman–Crippen MR) is 43.7 cm³/mol. The Kier molecular flexibility index (Phi) is 2.54. The Morgan fingerprint density at radius 2 is 1.89 bits per heavy atom. The monoisotopic (exact) mass is 250 g/mol. The minimum Gasteiger partial charge on any atom is -0.417 e. The van der Waals surface area contributed by atoms with E-state index >= 15 is 0 Å². The normalized spacial score (nSPS) is 9.11. The summed E-state index contributed by atoms with van der Waals surface area (Å²) >= 11 is 6.18. The molecule has 0 fully saturated rings. The number of para-hydroxylation sites is 1. The summed E-state index contributed by atoms with van der Waals surface area (Å²) in [6, 6.07) is 7.61. The third kappa shape index (κ3) is 1.69. The van der Waals surface area contributed by atoms with Gasteiger partial charge in [0, 0.05) is 0 Å². The lowest BCUT2D eigenvalue weighted by Gasteiger charge is -1.96. The molecular weight excluding hydrogens is 248 g/mol. The van der Waals surface area contributed by atoms with E-state index in [0.29, 0.717) is 0 Å². The van der Waals surface area contributed by atoms with Crippen molar-refractivity contribution in [2.45, 2.75) is 0 Å². The summed E-state index contributed by atoms with van der Waals surface area (Å²) in [6.07, 6.45) is 0. The Balaban J connectivity index is 3.01. The van der Waals surface area contributed by atoms with Gasteiger partial charge in [0.1, 0.15) is 0 Å². The van der Waals surface area contributed by atoms with E-state index in [4.69, 9.17) is 3.83 Å². The molecule has 0 aliphatic rings. The second-order valence-electron chi connectivity index (χ2n) is 1.51. The van der Waals surface area contributed by atoms with Crippen molar-refractivity contribution in [3.63, 3.8) is 0 Å². The van der Waals surface area contributed by atoms with Gasteiger partial charge in [0.25, 0.3) is 0 Å². The van der Waals surface area contributed by atoms with E-state index in [1.54, 1.807) is 0 Å². The van der Waals surface area contributed by atoms with Gasteiger partial charge in [0.2, 0.25) is 0 Å². The minimum atomic E-state index is 0.789. The van der Waals surface area contributed by atoms with Crippen LogP contribution in [0.4, 0.5) is 0 Å². The number of benzene rings is 1. The van der Waals surface area contributed by atoms with Crippen LogP contribution >= 0.6 is 32.2 Å². The molecule has 0 aromatic heterocycles. The number of hydrogen-bond acceptors (Lipinski definition) is 1. The summed E-state index contributed by atoms with van der Waals surface area (Å²) < 4.78 is 5.76. The molecule has 0 saturated carbocycles. The van der Waals surface area contributed by atoms with Crippen LogP contribution in [0.5, 0.6) is 5.75 Å². The molecule has 1 nitrogen and oxygen atoms in total. The molecule has 0 spiro atoms. The Morgan fingerprint density at radius 1 is 1.22 bits per heavy atom. The maximum atomic E-state index is 4.81. The second-order valence-corrected chi connectivity index (χ2v) is 2.69. The van der Waals surface area contributed by atoms with Crippen LogP contribution in [0.25, 0.3) is 0 Å². The fraction of sp³-hybridized carbons (Fsp3) is 0. The SMILES string of the molecule is BrOc1ccccc1Br. The van der Waals surface area contributed by atoms with Gasteiger partial charge in [-0.3, -0.25) is 0 Å². The van der Waals surface area contributed by atoms with E-state index in [2.05, 4.69) is 32.2 Å². The number of hydrogen-bond donors (Lipinski definition) is 0. The van der Waals surface area contributed by atoms with E-state index in [1.165, 1.54) is 0 Å². The first-order chi connectivity index (χ1) is 4.34. The maximum Gasteiger partial charge on any atom is 0.179 e. The van der Waals surface area contributed by atoms with Crippen LogP contribution in [-0.4, -0.2) is 0 Å². The molecule has 0 atom stereocenters. The van der Waals surface area contributed by atoms with Crippen LogP contribution < -0.4 is 3.83 Å². The summed E-state index contributed by atoms with van der Waals surface area (Å²) in [5.74, 6) is 0.789. The van der Waals surface area contributed by atoms with Crippen molar-refractivity contribution in [2.75, 3.05) is 0 Å². The zero-order chi connectivity index (χ0) is 6.69. The Labute approximate surface area is 70.6 Å². The average molecular weight is 252 g/mol. The highest BCUT2D eigenvalue weighted by Crippen LogP contribution is 2.24. The van der Waals surface area contributed by atoms with Crippen molar-refractivity contribution in [3.05, 3.63) is 28.7 Å². The van der Waals surface area contributed by atoms with Gasteiger partial charge in [-0.25, -0.2) is 0 Å². The molecular formula is C6H4Br2O. The van der Waals surface area contributed by atoms with Crippen LogP contribution in [0.2, 0.25) is 0 Å². The van der Waals surface area contributed by atoms with Gasteiger partial charge in [-0.2, -0.15) is 0 Å². The predicted octanol–water partition coefficient (Wildman–Crippen LogP) is 3.14. The first-order valence-corrected chi connectivity index (χ1v) is 3.82.